The molecule has 0 radical (unpaired) electrons. The van der Waals surface area contributed by atoms with Crippen molar-refractivity contribution in [3.63, 3.8) is 0 Å². The Balaban J connectivity index is 3.05. The van der Waals surface area contributed by atoms with Gasteiger partial charge in [-0.05, 0) is 51.1 Å². The highest BCUT2D eigenvalue weighted by molar-refractivity contribution is 5.54. The van der Waals surface area contributed by atoms with Crippen LogP contribution in [0.15, 0.2) is 18.2 Å². The fraction of sp³-hybridized carbons (Fsp3) is 0.600. The van der Waals surface area contributed by atoms with Gasteiger partial charge in [-0.25, -0.2) is 4.39 Å². The molecule has 0 amide bonds. The molecule has 1 rings (SSSR count). The van der Waals surface area contributed by atoms with Crippen LogP contribution in [0, 0.1) is 5.82 Å². The molecule has 1 atom stereocenters. The van der Waals surface area contributed by atoms with Gasteiger partial charge in [-0.2, -0.15) is 0 Å². The van der Waals surface area contributed by atoms with E-state index in [9.17, 15) is 9.50 Å². The molecule has 0 aliphatic heterocycles. The Labute approximate surface area is 115 Å². The van der Waals surface area contributed by atoms with Crippen LogP contribution in [0.3, 0.4) is 0 Å². The molecule has 0 spiro atoms. The van der Waals surface area contributed by atoms with Crippen LogP contribution in [0.2, 0.25) is 0 Å². The van der Waals surface area contributed by atoms with Crippen molar-refractivity contribution in [3.05, 3.63) is 29.6 Å². The average Bonchev–Trinajstić information content (AvgIpc) is 2.26. The molecule has 4 heteroatoms. The highest BCUT2D eigenvalue weighted by Gasteiger charge is 2.19. The third kappa shape index (κ3) is 4.80. The summed E-state index contributed by atoms with van der Waals surface area (Å²) in [6.07, 6.45) is 0. The van der Waals surface area contributed by atoms with Crippen LogP contribution >= 0.6 is 0 Å². The fourth-order valence-corrected chi connectivity index (χ4v) is 2.30. The first-order valence-corrected chi connectivity index (χ1v) is 6.71. The van der Waals surface area contributed by atoms with Crippen molar-refractivity contribution in [1.82, 2.24) is 5.32 Å². The maximum atomic E-state index is 13.5. The number of anilines is 1. The number of aliphatic hydroxyl groups is 1. The summed E-state index contributed by atoms with van der Waals surface area (Å²) in [7, 11) is 1.91. The molecule has 1 unspecified atom stereocenters. The number of hydrogen-bond donors (Lipinski definition) is 2. The minimum absolute atomic E-state index is 0.0694. The van der Waals surface area contributed by atoms with Crippen LogP contribution in [0.5, 0.6) is 0 Å². The molecule has 0 aliphatic rings. The highest BCUT2D eigenvalue weighted by atomic mass is 19.1. The maximum Gasteiger partial charge on any atom is 0.123 e. The van der Waals surface area contributed by atoms with Crippen molar-refractivity contribution in [2.45, 2.75) is 39.3 Å². The predicted molar refractivity (Wildman–Crippen MR) is 78.1 cm³/mol. The first-order chi connectivity index (χ1) is 8.74. The molecule has 3 nitrogen and oxygen atoms in total. The van der Waals surface area contributed by atoms with Crippen molar-refractivity contribution in [2.24, 2.45) is 0 Å². The van der Waals surface area contributed by atoms with Gasteiger partial charge in [0.15, 0.2) is 0 Å². The highest BCUT2D eigenvalue weighted by Crippen LogP contribution is 2.27. The molecule has 0 saturated carbocycles. The Morgan fingerprint density at radius 3 is 2.58 bits per heavy atom. The van der Waals surface area contributed by atoms with Gasteiger partial charge in [-0.15, -0.1) is 0 Å². The standard InChI is InChI=1S/C15H25FN2O/c1-6-17-11(2)13-9-12(16)7-8-14(13)18(5)10-15(3,4)19/h7-9,11,17,19H,6,10H2,1-5H3. The number of likely N-dealkylation sites (N-methyl/N-ethyl adjacent to an activating group) is 1. The Morgan fingerprint density at radius 2 is 2.05 bits per heavy atom. The molecule has 0 aromatic heterocycles. The molecule has 0 heterocycles. The largest absolute Gasteiger partial charge is 0.389 e. The van der Waals surface area contributed by atoms with Crippen molar-refractivity contribution in [2.75, 3.05) is 25.0 Å². The molecule has 0 saturated heterocycles. The van der Waals surface area contributed by atoms with E-state index in [0.29, 0.717) is 6.54 Å². The number of nitrogens with zero attached hydrogens (tertiary/aromatic N) is 1. The van der Waals surface area contributed by atoms with Gasteiger partial charge in [0.1, 0.15) is 5.82 Å². The van der Waals surface area contributed by atoms with E-state index in [0.717, 1.165) is 17.8 Å². The van der Waals surface area contributed by atoms with E-state index in [-0.39, 0.29) is 11.9 Å². The molecule has 108 valence electrons. The van der Waals surface area contributed by atoms with Crippen molar-refractivity contribution < 1.29 is 9.50 Å². The van der Waals surface area contributed by atoms with E-state index >= 15 is 0 Å². The number of nitrogens with one attached hydrogen (secondary N) is 1. The molecular weight excluding hydrogens is 243 g/mol. The summed E-state index contributed by atoms with van der Waals surface area (Å²) < 4.78 is 13.5. The molecule has 1 aromatic carbocycles. The van der Waals surface area contributed by atoms with Gasteiger partial charge in [0.25, 0.3) is 0 Å². The Hall–Kier alpha value is -1.13. The smallest absolute Gasteiger partial charge is 0.123 e. The van der Waals surface area contributed by atoms with Crippen LogP contribution in [-0.4, -0.2) is 30.8 Å². The summed E-state index contributed by atoms with van der Waals surface area (Å²) in [6, 6.07) is 4.85. The number of benzene rings is 1. The Bertz CT molecular complexity index is 415. The number of hydrogen-bond acceptors (Lipinski definition) is 3. The second-order valence-corrected chi connectivity index (χ2v) is 5.65. The summed E-state index contributed by atoms with van der Waals surface area (Å²) in [5.41, 5.74) is 1.06. The van der Waals surface area contributed by atoms with Crippen LogP contribution in [0.1, 0.15) is 39.3 Å². The minimum Gasteiger partial charge on any atom is -0.389 e. The topological polar surface area (TPSA) is 35.5 Å². The summed E-state index contributed by atoms with van der Waals surface area (Å²) >= 11 is 0. The summed E-state index contributed by atoms with van der Waals surface area (Å²) in [4.78, 5) is 1.96. The zero-order valence-corrected chi connectivity index (χ0v) is 12.5. The zero-order chi connectivity index (χ0) is 14.6. The maximum absolute atomic E-state index is 13.5. The second kappa shape index (κ2) is 6.35. The van der Waals surface area contributed by atoms with Gasteiger partial charge in [-0.1, -0.05) is 6.92 Å². The van der Waals surface area contributed by atoms with Gasteiger partial charge in [-0.3, -0.25) is 0 Å². The van der Waals surface area contributed by atoms with Crippen molar-refractivity contribution in [1.29, 1.82) is 0 Å². The lowest BCUT2D eigenvalue weighted by Crippen LogP contribution is -2.37. The van der Waals surface area contributed by atoms with E-state index in [1.807, 2.05) is 25.8 Å². The molecular formula is C15H25FN2O. The lowest BCUT2D eigenvalue weighted by Gasteiger charge is -2.30. The number of rotatable bonds is 6. The third-order valence-electron chi connectivity index (χ3n) is 3.00. The molecule has 2 N–H and O–H groups in total. The quantitative estimate of drug-likeness (QED) is 0.832. The average molecular weight is 268 g/mol. The Morgan fingerprint density at radius 1 is 1.42 bits per heavy atom. The molecule has 19 heavy (non-hydrogen) atoms. The molecule has 0 bridgehead atoms. The van der Waals surface area contributed by atoms with E-state index in [1.165, 1.54) is 6.07 Å². The first-order valence-electron chi connectivity index (χ1n) is 6.71. The molecule has 0 fully saturated rings. The third-order valence-corrected chi connectivity index (χ3v) is 3.00. The molecule has 1 aromatic rings. The van der Waals surface area contributed by atoms with E-state index in [1.54, 1.807) is 26.0 Å². The molecule has 0 aliphatic carbocycles. The van der Waals surface area contributed by atoms with Gasteiger partial charge in [0, 0.05) is 25.3 Å². The summed E-state index contributed by atoms with van der Waals surface area (Å²) in [5.74, 6) is -0.236. The van der Waals surface area contributed by atoms with E-state index < -0.39 is 5.60 Å². The van der Waals surface area contributed by atoms with Crippen molar-refractivity contribution in [3.8, 4) is 0 Å². The lowest BCUT2D eigenvalue weighted by atomic mass is 10.0. The lowest BCUT2D eigenvalue weighted by molar-refractivity contribution is 0.0886. The van der Waals surface area contributed by atoms with Crippen LogP contribution in [-0.2, 0) is 0 Å². The van der Waals surface area contributed by atoms with Crippen LogP contribution in [0.4, 0.5) is 10.1 Å². The van der Waals surface area contributed by atoms with E-state index in [4.69, 9.17) is 0 Å². The van der Waals surface area contributed by atoms with Gasteiger partial charge in [0.05, 0.1) is 5.60 Å². The minimum atomic E-state index is -0.790. The SMILES string of the molecule is CCNC(C)c1cc(F)ccc1N(C)CC(C)(C)O. The first kappa shape index (κ1) is 15.9. The zero-order valence-electron chi connectivity index (χ0n) is 12.5. The van der Waals surface area contributed by atoms with Gasteiger partial charge in [0.2, 0.25) is 0 Å². The number of halogens is 1. The van der Waals surface area contributed by atoms with Crippen LogP contribution in [0.25, 0.3) is 0 Å². The summed E-state index contributed by atoms with van der Waals surface area (Å²) in [5, 5.41) is 13.2. The Kier molecular flexibility index (Phi) is 5.32. The fourth-order valence-electron chi connectivity index (χ4n) is 2.30. The normalized spacial score (nSPS) is 13.4. The monoisotopic (exact) mass is 268 g/mol. The van der Waals surface area contributed by atoms with Gasteiger partial charge >= 0.3 is 0 Å². The summed E-state index contributed by atoms with van der Waals surface area (Å²) in [6.45, 7) is 8.88. The predicted octanol–water partition coefficient (Wildman–Crippen LogP) is 2.70. The van der Waals surface area contributed by atoms with Crippen LogP contribution < -0.4 is 10.2 Å². The van der Waals surface area contributed by atoms with E-state index in [2.05, 4.69) is 5.32 Å². The van der Waals surface area contributed by atoms with Gasteiger partial charge < -0.3 is 15.3 Å². The second-order valence-electron chi connectivity index (χ2n) is 5.65. The van der Waals surface area contributed by atoms with Crippen molar-refractivity contribution >= 4 is 5.69 Å².